The highest BCUT2D eigenvalue weighted by atomic mass is 32.1. The summed E-state index contributed by atoms with van der Waals surface area (Å²) >= 11 is 1.51. The van der Waals surface area contributed by atoms with Gasteiger partial charge >= 0.3 is 0 Å². The van der Waals surface area contributed by atoms with E-state index in [9.17, 15) is 14.4 Å². The summed E-state index contributed by atoms with van der Waals surface area (Å²) < 4.78 is 12.1. The number of benzene rings is 1. The summed E-state index contributed by atoms with van der Waals surface area (Å²) in [5.41, 5.74) is 6.98. The van der Waals surface area contributed by atoms with Gasteiger partial charge in [0.25, 0.3) is 0 Å². The maximum absolute atomic E-state index is 14.2. The number of thiazole rings is 1. The molecule has 1 saturated heterocycles. The first-order valence-electron chi connectivity index (χ1n) is 18.7. The molecule has 2 aromatic rings. The lowest BCUT2D eigenvalue weighted by Crippen LogP contribution is -2.62. The lowest BCUT2D eigenvalue weighted by atomic mass is 9.89. The summed E-state index contributed by atoms with van der Waals surface area (Å²) in [5.74, 6) is -0.858. The smallest absolute Gasteiger partial charge is 0.241 e. The SMILES string of the molecule is CC[C@H](C)[C@@H]([C@@H](CC(=O)N1CCC[C@H]1[C@H](OC)[C@@H](C)C(=O)N[C@@H](Cc1ccccc1)c1nccs1)OC)N(C)C(=O)[C@H](CN)NC(C)C(C)(C)NC. The molecule has 0 saturated carbocycles. The molecule has 13 heteroatoms. The number of carbonyl (C=O) groups is 3. The summed E-state index contributed by atoms with van der Waals surface area (Å²) in [6, 6.07) is 8.45. The van der Waals surface area contributed by atoms with Gasteiger partial charge in [-0.25, -0.2) is 4.98 Å². The van der Waals surface area contributed by atoms with Gasteiger partial charge in [-0.1, -0.05) is 57.5 Å². The lowest BCUT2D eigenvalue weighted by Gasteiger charge is -2.41. The molecule has 1 fully saturated rings. The molecule has 3 amide bonds. The van der Waals surface area contributed by atoms with Crippen molar-refractivity contribution in [2.45, 2.75) is 122 Å². The molecule has 292 valence electrons. The van der Waals surface area contributed by atoms with E-state index >= 15 is 0 Å². The van der Waals surface area contributed by atoms with Gasteiger partial charge in [0, 0.05) is 57.5 Å². The summed E-state index contributed by atoms with van der Waals surface area (Å²) in [6.45, 7) is 12.9. The number of hydrogen-bond donors (Lipinski definition) is 4. The second kappa shape index (κ2) is 20.5. The van der Waals surface area contributed by atoms with Crippen molar-refractivity contribution >= 4 is 29.1 Å². The molecule has 0 spiro atoms. The number of nitrogens with two attached hydrogens (primary N) is 1. The molecule has 3 rings (SSSR count). The Morgan fingerprint density at radius 3 is 2.38 bits per heavy atom. The summed E-state index contributed by atoms with van der Waals surface area (Å²) in [5, 5.41) is 12.7. The van der Waals surface area contributed by atoms with Crippen molar-refractivity contribution in [1.82, 2.24) is 30.7 Å². The van der Waals surface area contributed by atoms with Crippen molar-refractivity contribution in [3.05, 3.63) is 52.5 Å². The van der Waals surface area contributed by atoms with E-state index in [2.05, 4.69) is 48.6 Å². The number of nitrogens with one attached hydrogen (secondary N) is 3. The van der Waals surface area contributed by atoms with Gasteiger partial charge in [0.1, 0.15) is 5.01 Å². The van der Waals surface area contributed by atoms with Gasteiger partial charge in [-0.2, -0.15) is 0 Å². The molecule has 0 aliphatic carbocycles. The second-order valence-corrected chi connectivity index (χ2v) is 15.8. The molecule has 0 bridgehead atoms. The highest BCUT2D eigenvalue weighted by Crippen LogP contribution is 2.30. The number of amides is 3. The average Bonchev–Trinajstić information content (AvgIpc) is 3.87. The highest BCUT2D eigenvalue weighted by Gasteiger charge is 2.43. The fourth-order valence-corrected chi connectivity index (χ4v) is 7.97. The average molecular weight is 744 g/mol. The third kappa shape index (κ3) is 11.0. The van der Waals surface area contributed by atoms with Gasteiger partial charge in [-0.15, -0.1) is 11.3 Å². The Morgan fingerprint density at radius 1 is 1.13 bits per heavy atom. The molecule has 1 aromatic heterocycles. The van der Waals surface area contributed by atoms with Crippen LogP contribution in [-0.4, -0.2) is 116 Å². The number of ether oxygens (including phenoxy) is 2. The zero-order valence-electron chi connectivity index (χ0n) is 33.1. The van der Waals surface area contributed by atoms with Gasteiger partial charge < -0.3 is 41.0 Å². The molecule has 1 aliphatic rings. The maximum Gasteiger partial charge on any atom is 0.241 e. The quantitative estimate of drug-likeness (QED) is 0.150. The van der Waals surface area contributed by atoms with Crippen LogP contribution in [0.15, 0.2) is 41.9 Å². The van der Waals surface area contributed by atoms with Crippen LogP contribution in [0.2, 0.25) is 0 Å². The number of rotatable bonds is 21. The Bertz CT molecular complexity index is 1380. The minimum absolute atomic E-state index is 0.0438. The van der Waals surface area contributed by atoms with Crippen LogP contribution < -0.4 is 21.7 Å². The molecule has 9 atom stereocenters. The van der Waals surface area contributed by atoms with Gasteiger partial charge in [-0.3, -0.25) is 14.4 Å². The van der Waals surface area contributed by atoms with Crippen molar-refractivity contribution in [3.8, 4) is 0 Å². The molecule has 1 unspecified atom stereocenters. The van der Waals surface area contributed by atoms with Crippen LogP contribution in [0.25, 0.3) is 0 Å². The fraction of sp³-hybridized carbons (Fsp3) is 0.692. The van der Waals surface area contributed by atoms with Gasteiger partial charge in [-0.05, 0) is 58.6 Å². The van der Waals surface area contributed by atoms with Crippen molar-refractivity contribution in [1.29, 1.82) is 0 Å². The number of likely N-dealkylation sites (tertiary alicyclic amines) is 1. The molecule has 0 radical (unpaired) electrons. The predicted molar refractivity (Wildman–Crippen MR) is 208 cm³/mol. The van der Waals surface area contributed by atoms with E-state index in [1.807, 2.05) is 61.5 Å². The highest BCUT2D eigenvalue weighted by molar-refractivity contribution is 7.09. The van der Waals surface area contributed by atoms with Gasteiger partial charge in [0.05, 0.1) is 48.7 Å². The Morgan fingerprint density at radius 2 is 1.83 bits per heavy atom. The third-order valence-electron chi connectivity index (χ3n) is 11.3. The Hall–Kier alpha value is -2.94. The van der Waals surface area contributed by atoms with Crippen LogP contribution in [0, 0.1) is 11.8 Å². The maximum atomic E-state index is 14.2. The number of likely N-dealkylation sites (N-methyl/N-ethyl adjacent to an activating group) is 2. The summed E-state index contributed by atoms with van der Waals surface area (Å²) in [7, 11) is 6.88. The monoisotopic (exact) mass is 743 g/mol. The topological polar surface area (TPSA) is 151 Å². The van der Waals surface area contributed by atoms with Crippen molar-refractivity contribution < 1.29 is 23.9 Å². The second-order valence-electron chi connectivity index (χ2n) is 14.9. The Labute approximate surface area is 316 Å². The van der Waals surface area contributed by atoms with E-state index in [4.69, 9.17) is 15.2 Å². The first-order chi connectivity index (χ1) is 24.7. The normalized spacial score (nSPS) is 19.6. The van der Waals surface area contributed by atoms with Crippen LogP contribution in [-0.2, 0) is 30.3 Å². The number of aromatic nitrogens is 1. The van der Waals surface area contributed by atoms with Crippen molar-refractivity contribution in [2.24, 2.45) is 17.6 Å². The minimum Gasteiger partial charge on any atom is -0.379 e. The first-order valence-corrected chi connectivity index (χ1v) is 19.6. The Balaban J connectivity index is 1.76. The fourth-order valence-electron chi connectivity index (χ4n) is 7.28. The molecule has 52 heavy (non-hydrogen) atoms. The molecule has 5 N–H and O–H groups in total. The largest absolute Gasteiger partial charge is 0.379 e. The Kier molecular flexibility index (Phi) is 17.1. The summed E-state index contributed by atoms with van der Waals surface area (Å²) in [4.78, 5) is 50.1. The standard InChI is InChI=1S/C39H65N7O5S/c1-11-25(2)34(45(8)38(49)30(24-40)43-27(4)39(5,6)41-7)32(50-9)23-33(47)46-20-15-18-31(46)35(51-10)26(3)36(48)44-29(37-42-19-21-52-37)22-28-16-13-12-14-17-28/h12-14,16-17,19,21,25-27,29-32,34-35,41,43H,11,15,18,20,22-24,40H2,1-10H3,(H,44,48)/t25-,26+,27?,29-,30-,31-,32+,34-,35+/m0/s1. The number of hydrogen-bond acceptors (Lipinski definition) is 10. The van der Waals surface area contributed by atoms with E-state index in [1.54, 1.807) is 32.4 Å². The van der Waals surface area contributed by atoms with E-state index < -0.39 is 24.2 Å². The zero-order chi connectivity index (χ0) is 38.6. The lowest BCUT2D eigenvalue weighted by molar-refractivity contribution is -0.146. The summed E-state index contributed by atoms with van der Waals surface area (Å²) in [6.07, 6.45) is 3.69. The predicted octanol–water partition coefficient (Wildman–Crippen LogP) is 3.77. The zero-order valence-corrected chi connectivity index (χ0v) is 33.9. The van der Waals surface area contributed by atoms with Crippen LogP contribution in [0.3, 0.4) is 0 Å². The van der Waals surface area contributed by atoms with Crippen LogP contribution >= 0.6 is 11.3 Å². The van der Waals surface area contributed by atoms with E-state index in [0.29, 0.717) is 13.0 Å². The molecule has 2 heterocycles. The molecular formula is C39H65N7O5S. The first kappa shape index (κ1) is 43.5. The molecule has 12 nitrogen and oxygen atoms in total. The molecule has 1 aromatic carbocycles. The van der Waals surface area contributed by atoms with Gasteiger partial charge in [0.15, 0.2) is 0 Å². The van der Waals surface area contributed by atoms with Crippen LogP contribution in [0.5, 0.6) is 0 Å². The minimum atomic E-state index is -0.603. The molecule has 1 aliphatic heterocycles. The van der Waals surface area contributed by atoms with E-state index in [1.165, 1.54) is 11.3 Å². The van der Waals surface area contributed by atoms with E-state index in [0.717, 1.165) is 29.8 Å². The van der Waals surface area contributed by atoms with Crippen LogP contribution in [0.4, 0.5) is 0 Å². The van der Waals surface area contributed by atoms with E-state index in [-0.39, 0.29) is 66.3 Å². The van der Waals surface area contributed by atoms with Crippen molar-refractivity contribution in [3.63, 3.8) is 0 Å². The van der Waals surface area contributed by atoms with Crippen molar-refractivity contribution in [2.75, 3.05) is 41.4 Å². The third-order valence-corrected chi connectivity index (χ3v) is 12.2. The molecular weight excluding hydrogens is 679 g/mol. The van der Waals surface area contributed by atoms with Gasteiger partial charge in [0.2, 0.25) is 17.7 Å². The van der Waals surface area contributed by atoms with Crippen LogP contribution in [0.1, 0.15) is 83.8 Å². The number of carbonyl (C=O) groups excluding carboxylic acids is 3. The number of methoxy groups -OCH3 is 2. The number of nitrogens with zero attached hydrogens (tertiary/aromatic N) is 3.